The molecule has 5 aromatic rings. The van der Waals surface area contributed by atoms with E-state index in [4.69, 9.17) is 4.42 Å². The van der Waals surface area contributed by atoms with E-state index in [2.05, 4.69) is 21.1 Å². The second-order valence-electron chi connectivity index (χ2n) is 7.70. The molecule has 2 amide bonds. The number of benzene rings is 4. The van der Waals surface area contributed by atoms with Gasteiger partial charge in [-0.05, 0) is 33.7 Å². The number of rotatable bonds is 6. The van der Waals surface area contributed by atoms with Crippen molar-refractivity contribution in [1.29, 1.82) is 0 Å². The molecule has 0 bridgehead atoms. The standard InChI is InChI=1S/C28H20N4O3/c33-27(31-29-17-21-11-5-9-19-7-1-3-13-23(19)21)25-15-16-26(35-25)28(34)32-30-18-22-12-6-10-20-8-2-4-14-24(20)22/h1-18H,(H,31,33)(H,32,34)/b29-17-,30-18-. The summed E-state index contributed by atoms with van der Waals surface area (Å²) in [7, 11) is 0. The van der Waals surface area contributed by atoms with Crippen molar-refractivity contribution in [2.45, 2.75) is 0 Å². The van der Waals surface area contributed by atoms with Crippen molar-refractivity contribution in [1.82, 2.24) is 10.9 Å². The zero-order chi connectivity index (χ0) is 24.0. The molecule has 170 valence electrons. The Morgan fingerprint density at radius 1 is 0.571 bits per heavy atom. The molecule has 0 unspecified atom stereocenters. The molecular weight excluding hydrogens is 440 g/mol. The minimum absolute atomic E-state index is 0.0387. The van der Waals surface area contributed by atoms with Gasteiger partial charge in [-0.2, -0.15) is 10.2 Å². The fourth-order valence-electron chi connectivity index (χ4n) is 3.74. The molecule has 0 saturated carbocycles. The third-order valence-electron chi connectivity index (χ3n) is 5.44. The van der Waals surface area contributed by atoms with Gasteiger partial charge in [-0.15, -0.1) is 0 Å². The highest BCUT2D eigenvalue weighted by atomic mass is 16.4. The molecule has 2 N–H and O–H groups in total. The van der Waals surface area contributed by atoms with Crippen molar-refractivity contribution >= 4 is 45.8 Å². The van der Waals surface area contributed by atoms with Crippen molar-refractivity contribution in [3.8, 4) is 0 Å². The van der Waals surface area contributed by atoms with E-state index in [9.17, 15) is 9.59 Å². The van der Waals surface area contributed by atoms with E-state index >= 15 is 0 Å². The van der Waals surface area contributed by atoms with Crippen LogP contribution in [0, 0.1) is 0 Å². The first-order chi connectivity index (χ1) is 17.2. The summed E-state index contributed by atoms with van der Waals surface area (Å²) >= 11 is 0. The maximum absolute atomic E-state index is 12.4. The molecule has 5 rings (SSSR count). The van der Waals surface area contributed by atoms with E-state index in [0.29, 0.717) is 0 Å². The highest BCUT2D eigenvalue weighted by molar-refractivity contribution is 6.02. The van der Waals surface area contributed by atoms with Gasteiger partial charge in [0.25, 0.3) is 0 Å². The molecule has 0 atom stereocenters. The van der Waals surface area contributed by atoms with Crippen LogP contribution in [0.1, 0.15) is 32.2 Å². The first-order valence-electron chi connectivity index (χ1n) is 10.9. The second-order valence-corrected chi connectivity index (χ2v) is 7.70. The number of furan rings is 1. The lowest BCUT2D eigenvalue weighted by atomic mass is 10.1. The topological polar surface area (TPSA) is 96.1 Å². The summed E-state index contributed by atoms with van der Waals surface area (Å²) in [6.45, 7) is 0. The molecule has 1 heterocycles. The number of amides is 2. The van der Waals surface area contributed by atoms with Gasteiger partial charge >= 0.3 is 11.8 Å². The van der Waals surface area contributed by atoms with Gasteiger partial charge in [-0.1, -0.05) is 84.9 Å². The number of carbonyl (C=O) groups is 2. The molecule has 1 aromatic heterocycles. The molecule has 0 radical (unpaired) electrons. The van der Waals surface area contributed by atoms with Gasteiger partial charge in [-0.25, -0.2) is 10.9 Å². The summed E-state index contributed by atoms with van der Waals surface area (Å²) in [4.78, 5) is 24.8. The molecule has 0 aliphatic carbocycles. The molecule has 4 aromatic carbocycles. The Kier molecular flexibility index (Phi) is 6.13. The largest absolute Gasteiger partial charge is 0.446 e. The molecular formula is C28H20N4O3. The van der Waals surface area contributed by atoms with E-state index in [1.807, 2.05) is 84.9 Å². The lowest BCUT2D eigenvalue weighted by Crippen LogP contribution is -2.18. The Labute approximate surface area is 200 Å². The van der Waals surface area contributed by atoms with Crippen LogP contribution in [0.3, 0.4) is 0 Å². The quantitative estimate of drug-likeness (QED) is 0.272. The van der Waals surface area contributed by atoms with Crippen LogP contribution in [0.5, 0.6) is 0 Å². The Balaban J connectivity index is 1.21. The summed E-state index contributed by atoms with van der Waals surface area (Å²) in [5.41, 5.74) is 6.58. The van der Waals surface area contributed by atoms with Crippen molar-refractivity contribution in [2.24, 2.45) is 10.2 Å². The Morgan fingerprint density at radius 2 is 1.00 bits per heavy atom. The molecule has 0 aliphatic rings. The molecule has 0 aliphatic heterocycles. The molecule has 0 saturated heterocycles. The zero-order valence-electron chi connectivity index (χ0n) is 18.5. The van der Waals surface area contributed by atoms with Crippen LogP contribution >= 0.6 is 0 Å². The smallest absolute Gasteiger partial charge is 0.307 e. The van der Waals surface area contributed by atoms with E-state index in [0.717, 1.165) is 32.7 Å². The first kappa shape index (κ1) is 21.8. The number of nitrogens with one attached hydrogen (secondary N) is 2. The average Bonchev–Trinajstić information content (AvgIpc) is 3.40. The fourth-order valence-corrected chi connectivity index (χ4v) is 3.74. The Hall–Kier alpha value is -5.04. The summed E-state index contributed by atoms with van der Waals surface area (Å²) in [5, 5.41) is 12.2. The van der Waals surface area contributed by atoms with Gasteiger partial charge < -0.3 is 4.42 Å². The summed E-state index contributed by atoms with van der Waals surface area (Å²) in [5.74, 6) is -1.22. The predicted molar refractivity (Wildman–Crippen MR) is 137 cm³/mol. The highest BCUT2D eigenvalue weighted by Gasteiger charge is 2.15. The lowest BCUT2D eigenvalue weighted by Gasteiger charge is -2.02. The number of hydrogen-bond acceptors (Lipinski definition) is 5. The van der Waals surface area contributed by atoms with Crippen molar-refractivity contribution in [3.05, 3.63) is 120 Å². The van der Waals surface area contributed by atoms with Crippen LogP contribution in [0.4, 0.5) is 0 Å². The van der Waals surface area contributed by atoms with E-state index in [-0.39, 0.29) is 11.5 Å². The van der Waals surface area contributed by atoms with Gasteiger partial charge in [0.05, 0.1) is 12.4 Å². The number of carbonyl (C=O) groups excluding carboxylic acids is 2. The molecule has 35 heavy (non-hydrogen) atoms. The van der Waals surface area contributed by atoms with Crippen LogP contribution in [-0.4, -0.2) is 24.2 Å². The Bertz CT molecular complexity index is 1470. The molecule has 0 fully saturated rings. The first-order valence-corrected chi connectivity index (χ1v) is 10.9. The number of fused-ring (bicyclic) bond motifs is 2. The number of hydrazone groups is 2. The molecule has 7 nitrogen and oxygen atoms in total. The molecule has 7 heteroatoms. The van der Waals surface area contributed by atoms with Crippen LogP contribution in [0.2, 0.25) is 0 Å². The average molecular weight is 460 g/mol. The minimum atomic E-state index is -0.570. The number of nitrogens with zero attached hydrogens (tertiary/aromatic N) is 2. The van der Waals surface area contributed by atoms with E-state index < -0.39 is 11.8 Å². The monoisotopic (exact) mass is 460 g/mol. The maximum Gasteiger partial charge on any atom is 0.307 e. The van der Waals surface area contributed by atoms with Crippen molar-refractivity contribution in [3.63, 3.8) is 0 Å². The summed E-state index contributed by atoms with van der Waals surface area (Å²) < 4.78 is 5.38. The van der Waals surface area contributed by atoms with Gasteiger partial charge in [-0.3, -0.25) is 9.59 Å². The van der Waals surface area contributed by atoms with E-state index in [1.54, 1.807) is 12.4 Å². The van der Waals surface area contributed by atoms with Gasteiger partial charge in [0.2, 0.25) is 0 Å². The second kappa shape index (κ2) is 9.84. The SMILES string of the molecule is O=C(N/N=C\c1cccc2ccccc12)c1ccc(C(=O)N/N=C\c2cccc3ccccc23)o1. The van der Waals surface area contributed by atoms with Gasteiger partial charge in [0, 0.05) is 11.1 Å². The third-order valence-corrected chi connectivity index (χ3v) is 5.44. The molecule has 0 spiro atoms. The third kappa shape index (κ3) is 4.84. The van der Waals surface area contributed by atoms with Crippen molar-refractivity contribution in [2.75, 3.05) is 0 Å². The lowest BCUT2D eigenvalue weighted by molar-refractivity contribution is 0.0902. The normalized spacial score (nSPS) is 11.4. The minimum Gasteiger partial charge on any atom is -0.446 e. The van der Waals surface area contributed by atoms with Crippen LogP contribution in [-0.2, 0) is 0 Å². The fraction of sp³-hybridized carbons (Fsp3) is 0. The van der Waals surface area contributed by atoms with Gasteiger partial charge in [0.1, 0.15) is 0 Å². The van der Waals surface area contributed by atoms with Crippen LogP contribution < -0.4 is 10.9 Å². The highest BCUT2D eigenvalue weighted by Crippen LogP contribution is 2.18. The predicted octanol–water partition coefficient (Wildman–Crippen LogP) is 5.11. The Morgan fingerprint density at radius 3 is 1.49 bits per heavy atom. The van der Waals surface area contributed by atoms with Crippen molar-refractivity contribution < 1.29 is 14.0 Å². The van der Waals surface area contributed by atoms with Crippen LogP contribution in [0.25, 0.3) is 21.5 Å². The summed E-state index contributed by atoms with van der Waals surface area (Å²) in [6.07, 6.45) is 3.14. The zero-order valence-corrected chi connectivity index (χ0v) is 18.5. The number of hydrogen-bond donors (Lipinski definition) is 2. The van der Waals surface area contributed by atoms with Gasteiger partial charge in [0.15, 0.2) is 11.5 Å². The van der Waals surface area contributed by atoms with Crippen LogP contribution in [0.15, 0.2) is 112 Å². The maximum atomic E-state index is 12.4. The summed E-state index contributed by atoms with van der Waals surface area (Å²) in [6, 6.07) is 30.3. The van der Waals surface area contributed by atoms with E-state index in [1.165, 1.54) is 12.1 Å².